The number of hydrogen-bond acceptors (Lipinski definition) is 3. The molecule has 0 bridgehead atoms. The Labute approximate surface area is 163 Å². The molecule has 0 radical (unpaired) electrons. The Kier molecular flexibility index (Phi) is 5.14. The summed E-state index contributed by atoms with van der Waals surface area (Å²) >= 11 is 0. The summed E-state index contributed by atoms with van der Waals surface area (Å²) in [6.45, 7) is 4.24. The van der Waals surface area contributed by atoms with Crippen LogP contribution in [0.5, 0.6) is 0 Å². The van der Waals surface area contributed by atoms with E-state index in [1.807, 2.05) is 49.4 Å². The maximum atomic E-state index is 13.4. The van der Waals surface area contributed by atoms with Crippen LogP contribution in [0.3, 0.4) is 0 Å². The summed E-state index contributed by atoms with van der Waals surface area (Å²) in [6, 6.07) is 13.6. The average molecular weight is 379 g/mol. The van der Waals surface area contributed by atoms with Crippen LogP contribution in [0.25, 0.3) is 11.2 Å². The van der Waals surface area contributed by atoms with Crippen LogP contribution in [0, 0.1) is 0 Å². The molecule has 146 valence electrons. The van der Waals surface area contributed by atoms with Gasteiger partial charge in [-0.15, -0.1) is 0 Å². The number of nitrogens with one attached hydrogen (secondary N) is 1. The van der Waals surface area contributed by atoms with E-state index in [4.69, 9.17) is 0 Å². The molecule has 1 aliphatic heterocycles. The van der Waals surface area contributed by atoms with Crippen molar-refractivity contribution in [1.82, 2.24) is 24.3 Å². The molecular weight excluding hydrogens is 354 g/mol. The molecule has 0 aliphatic carbocycles. The van der Waals surface area contributed by atoms with E-state index in [1.165, 1.54) is 0 Å². The zero-order valence-corrected chi connectivity index (χ0v) is 16.0. The van der Waals surface area contributed by atoms with Crippen LogP contribution >= 0.6 is 0 Å². The van der Waals surface area contributed by atoms with E-state index in [0.717, 1.165) is 23.9 Å². The highest BCUT2D eigenvalue weighted by Gasteiger charge is 2.28. The van der Waals surface area contributed by atoms with Crippen LogP contribution in [0.4, 0.5) is 4.79 Å². The predicted octanol–water partition coefficient (Wildman–Crippen LogP) is 2.61. The normalized spacial score (nSPS) is 17.0. The summed E-state index contributed by atoms with van der Waals surface area (Å²) in [7, 11) is 0. The summed E-state index contributed by atoms with van der Waals surface area (Å²) < 4.78 is 3.56. The summed E-state index contributed by atoms with van der Waals surface area (Å²) in [5, 5.41) is 2.86. The molecule has 2 amide bonds. The van der Waals surface area contributed by atoms with E-state index in [0.29, 0.717) is 31.8 Å². The number of piperidine rings is 1. The number of nitrogens with zero attached hydrogens (tertiary/aromatic N) is 4. The molecule has 0 unspecified atom stereocenters. The SMILES string of the molecule is CCNC(=O)N1CCC[C@H](n2c(=O)n(Cc3ccccc3)c3cccnc32)C1. The Balaban J connectivity index is 1.72. The molecule has 0 saturated carbocycles. The average Bonchev–Trinajstić information content (AvgIpc) is 3.01. The van der Waals surface area contributed by atoms with Gasteiger partial charge in [0.25, 0.3) is 0 Å². The lowest BCUT2D eigenvalue weighted by molar-refractivity contribution is 0.167. The van der Waals surface area contributed by atoms with Crippen LogP contribution < -0.4 is 11.0 Å². The number of carbonyl (C=O) groups excluding carboxylic acids is 1. The van der Waals surface area contributed by atoms with Crippen LogP contribution in [-0.2, 0) is 6.54 Å². The molecule has 1 saturated heterocycles. The first-order chi connectivity index (χ1) is 13.7. The van der Waals surface area contributed by atoms with Crippen LogP contribution in [0.1, 0.15) is 31.4 Å². The second-order valence-electron chi connectivity index (χ2n) is 7.15. The van der Waals surface area contributed by atoms with Gasteiger partial charge in [-0.3, -0.25) is 9.13 Å². The van der Waals surface area contributed by atoms with Gasteiger partial charge < -0.3 is 10.2 Å². The van der Waals surface area contributed by atoms with E-state index in [-0.39, 0.29) is 17.8 Å². The third kappa shape index (κ3) is 3.40. The number of pyridine rings is 1. The van der Waals surface area contributed by atoms with Crippen LogP contribution in [0.2, 0.25) is 0 Å². The fourth-order valence-corrected chi connectivity index (χ4v) is 3.97. The van der Waals surface area contributed by atoms with Gasteiger partial charge in [-0.1, -0.05) is 30.3 Å². The number of carbonyl (C=O) groups is 1. The van der Waals surface area contributed by atoms with Crippen molar-refractivity contribution in [1.29, 1.82) is 0 Å². The lowest BCUT2D eigenvalue weighted by Crippen LogP contribution is -2.47. The maximum Gasteiger partial charge on any atom is 0.330 e. The number of imidazole rings is 1. The lowest BCUT2D eigenvalue weighted by Gasteiger charge is -2.33. The Morgan fingerprint density at radius 3 is 2.82 bits per heavy atom. The summed E-state index contributed by atoms with van der Waals surface area (Å²) in [5.41, 5.74) is 2.51. The molecular formula is C21H25N5O2. The van der Waals surface area contributed by atoms with Crippen molar-refractivity contribution in [2.24, 2.45) is 0 Å². The van der Waals surface area contributed by atoms with Gasteiger partial charge in [0, 0.05) is 25.8 Å². The highest BCUT2D eigenvalue weighted by molar-refractivity contribution is 5.74. The summed E-state index contributed by atoms with van der Waals surface area (Å²) in [6.07, 6.45) is 3.44. The zero-order chi connectivity index (χ0) is 19.5. The van der Waals surface area contributed by atoms with Gasteiger partial charge in [0.05, 0.1) is 18.1 Å². The molecule has 2 aromatic heterocycles. The molecule has 1 atom stereocenters. The second-order valence-corrected chi connectivity index (χ2v) is 7.15. The van der Waals surface area contributed by atoms with E-state index in [9.17, 15) is 9.59 Å². The first-order valence-corrected chi connectivity index (χ1v) is 9.81. The highest BCUT2D eigenvalue weighted by atomic mass is 16.2. The molecule has 1 fully saturated rings. The number of aromatic nitrogens is 3. The van der Waals surface area contributed by atoms with E-state index in [1.54, 1.807) is 20.2 Å². The summed E-state index contributed by atoms with van der Waals surface area (Å²) in [4.78, 5) is 31.9. The molecule has 28 heavy (non-hydrogen) atoms. The molecule has 7 heteroatoms. The van der Waals surface area contributed by atoms with Crippen molar-refractivity contribution in [3.05, 3.63) is 64.7 Å². The van der Waals surface area contributed by atoms with Gasteiger partial charge in [-0.25, -0.2) is 14.6 Å². The molecule has 4 rings (SSSR count). The Morgan fingerprint density at radius 2 is 2.04 bits per heavy atom. The molecule has 3 heterocycles. The zero-order valence-electron chi connectivity index (χ0n) is 16.0. The Hall–Kier alpha value is -3.09. The molecule has 1 aliphatic rings. The summed E-state index contributed by atoms with van der Waals surface area (Å²) in [5.74, 6) is 0. The third-order valence-electron chi connectivity index (χ3n) is 5.28. The first-order valence-electron chi connectivity index (χ1n) is 9.81. The van der Waals surface area contributed by atoms with Gasteiger partial charge in [-0.05, 0) is 37.5 Å². The van der Waals surface area contributed by atoms with Gasteiger partial charge in [0.1, 0.15) is 0 Å². The minimum atomic E-state index is -0.0710. The van der Waals surface area contributed by atoms with Crippen molar-refractivity contribution in [3.63, 3.8) is 0 Å². The van der Waals surface area contributed by atoms with Crippen LogP contribution in [-0.4, -0.2) is 44.7 Å². The Bertz CT molecular complexity index is 1020. The number of hydrogen-bond donors (Lipinski definition) is 1. The minimum absolute atomic E-state index is 0.0683. The van der Waals surface area contributed by atoms with Crippen molar-refractivity contribution in [2.75, 3.05) is 19.6 Å². The van der Waals surface area contributed by atoms with Gasteiger partial charge in [-0.2, -0.15) is 0 Å². The van der Waals surface area contributed by atoms with Gasteiger partial charge in [0.2, 0.25) is 0 Å². The topological polar surface area (TPSA) is 72.2 Å². The smallest absolute Gasteiger partial charge is 0.330 e. The number of rotatable bonds is 4. The van der Waals surface area contributed by atoms with Gasteiger partial charge >= 0.3 is 11.7 Å². The van der Waals surface area contributed by atoms with Gasteiger partial charge in [0.15, 0.2) is 5.65 Å². The highest BCUT2D eigenvalue weighted by Crippen LogP contribution is 2.24. The van der Waals surface area contributed by atoms with E-state index >= 15 is 0 Å². The molecule has 1 N–H and O–H groups in total. The number of amides is 2. The molecule has 3 aromatic rings. The fraction of sp³-hybridized carbons (Fsp3) is 0.381. The van der Waals surface area contributed by atoms with Crippen molar-refractivity contribution in [2.45, 2.75) is 32.4 Å². The molecule has 1 aromatic carbocycles. The Morgan fingerprint density at radius 1 is 1.21 bits per heavy atom. The maximum absolute atomic E-state index is 13.4. The number of likely N-dealkylation sites (tertiary alicyclic amines) is 1. The quantitative estimate of drug-likeness (QED) is 0.757. The lowest BCUT2D eigenvalue weighted by atomic mass is 10.1. The number of urea groups is 1. The van der Waals surface area contributed by atoms with Crippen molar-refractivity contribution >= 4 is 17.2 Å². The molecule has 7 nitrogen and oxygen atoms in total. The van der Waals surface area contributed by atoms with E-state index in [2.05, 4.69) is 10.3 Å². The predicted molar refractivity (Wildman–Crippen MR) is 108 cm³/mol. The number of benzene rings is 1. The standard InChI is InChI=1S/C21H25N5O2/c1-2-22-20(27)24-13-7-10-17(15-24)26-19-18(11-6-12-23-19)25(21(26)28)14-16-8-4-3-5-9-16/h3-6,8-9,11-12,17H,2,7,10,13-15H2,1H3,(H,22,27)/t17-/m0/s1. The second kappa shape index (κ2) is 7.88. The molecule has 0 spiro atoms. The first kappa shape index (κ1) is 18.3. The van der Waals surface area contributed by atoms with Crippen molar-refractivity contribution in [3.8, 4) is 0 Å². The third-order valence-corrected chi connectivity index (χ3v) is 5.28. The monoisotopic (exact) mass is 379 g/mol. The van der Waals surface area contributed by atoms with Crippen LogP contribution in [0.15, 0.2) is 53.5 Å². The van der Waals surface area contributed by atoms with E-state index < -0.39 is 0 Å². The minimum Gasteiger partial charge on any atom is -0.338 e. The number of fused-ring (bicyclic) bond motifs is 1. The fourth-order valence-electron chi connectivity index (χ4n) is 3.97. The largest absolute Gasteiger partial charge is 0.338 e. The van der Waals surface area contributed by atoms with Crippen molar-refractivity contribution < 1.29 is 4.79 Å².